The molecule has 2 amide bonds. The molecule has 1 aromatic carbocycles. The number of aliphatic hydroxyl groups is 1. The fourth-order valence-electron chi connectivity index (χ4n) is 3.22. The van der Waals surface area contributed by atoms with Gasteiger partial charge in [0.2, 0.25) is 0 Å². The van der Waals surface area contributed by atoms with Crippen molar-refractivity contribution < 1.29 is 14.6 Å². The van der Waals surface area contributed by atoms with E-state index in [0.29, 0.717) is 18.9 Å². The molecule has 2 atom stereocenters. The summed E-state index contributed by atoms with van der Waals surface area (Å²) in [5, 5.41) is 16.1. The number of benzene rings is 1. The summed E-state index contributed by atoms with van der Waals surface area (Å²) in [6.07, 6.45) is 5.35. The van der Waals surface area contributed by atoms with E-state index in [1.807, 2.05) is 18.2 Å². The highest BCUT2D eigenvalue weighted by atomic mass is 16.5. The van der Waals surface area contributed by atoms with Crippen molar-refractivity contribution in [2.75, 3.05) is 19.8 Å². The maximum Gasteiger partial charge on any atom is 0.315 e. The van der Waals surface area contributed by atoms with Gasteiger partial charge in [-0.2, -0.15) is 0 Å². The van der Waals surface area contributed by atoms with Crippen molar-refractivity contribution in [3.05, 3.63) is 35.9 Å². The Morgan fingerprint density at radius 3 is 2.74 bits per heavy atom. The van der Waals surface area contributed by atoms with Crippen molar-refractivity contribution in [1.82, 2.24) is 10.6 Å². The summed E-state index contributed by atoms with van der Waals surface area (Å²) in [6, 6.07) is 9.90. The molecule has 2 aliphatic rings. The van der Waals surface area contributed by atoms with E-state index >= 15 is 0 Å². The second-order valence-corrected chi connectivity index (χ2v) is 6.85. The Morgan fingerprint density at radius 1 is 1.35 bits per heavy atom. The highest BCUT2D eigenvalue weighted by molar-refractivity contribution is 5.74. The Bertz CT molecular complexity index is 510. The number of hydrogen-bond acceptors (Lipinski definition) is 3. The third kappa shape index (κ3) is 4.45. The Hall–Kier alpha value is -1.59. The van der Waals surface area contributed by atoms with Gasteiger partial charge >= 0.3 is 6.03 Å². The van der Waals surface area contributed by atoms with Gasteiger partial charge in [-0.15, -0.1) is 0 Å². The molecule has 126 valence electrons. The van der Waals surface area contributed by atoms with E-state index in [1.165, 1.54) is 19.3 Å². The first-order valence-electron chi connectivity index (χ1n) is 8.54. The predicted molar refractivity (Wildman–Crippen MR) is 88.1 cm³/mol. The van der Waals surface area contributed by atoms with Gasteiger partial charge in [-0.05, 0) is 17.9 Å². The van der Waals surface area contributed by atoms with Crippen LogP contribution in [-0.4, -0.2) is 36.5 Å². The summed E-state index contributed by atoms with van der Waals surface area (Å²) in [5.74, 6) is 0.702. The van der Waals surface area contributed by atoms with Crippen molar-refractivity contribution in [2.45, 2.75) is 43.7 Å². The van der Waals surface area contributed by atoms with Gasteiger partial charge in [0.1, 0.15) is 5.60 Å². The standard InChI is InChI=1S/C18H26N2O3/c21-17(19-12-18(22)9-10-23-13-18)20-16(11-14-5-4-6-14)15-7-2-1-3-8-15/h1-3,7-8,14,16,22H,4-6,9-13H2,(H2,19,20,21)/t16-,18-/m1/s1. The topological polar surface area (TPSA) is 70.6 Å². The summed E-state index contributed by atoms with van der Waals surface area (Å²) in [7, 11) is 0. The minimum atomic E-state index is -0.923. The SMILES string of the molecule is O=C(NC[C@]1(O)CCOC1)N[C@H](CC1CCC1)c1ccccc1. The summed E-state index contributed by atoms with van der Waals surface area (Å²) >= 11 is 0. The molecule has 2 fully saturated rings. The second-order valence-electron chi connectivity index (χ2n) is 6.85. The number of ether oxygens (including phenoxy) is 1. The van der Waals surface area contributed by atoms with Gasteiger partial charge in [0.05, 0.1) is 19.2 Å². The largest absolute Gasteiger partial charge is 0.386 e. The van der Waals surface area contributed by atoms with E-state index in [0.717, 1.165) is 12.0 Å². The molecule has 0 spiro atoms. The van der Waals surface area contributed by atoms with E-state index in [4.69, 9.17) is 4.74 Å². The maximum atomic E-state index is 12.2. The van der Waals surface area contributed by atoms with Crippen molar-refractivity contribution in [3.63, 3.8) is 0 Å². The highest BCUT2D eigenvalue weighted by Crippen LogP contribution is 2.34. The van der Waals surface area contributed by atoms with Gasteiger partial charge in [0.15, 0.2) is 0 Å². The van der Waals surface area contributed by atoms with Crippen LogP contribution in [0, 0.1) is 5.92 Å². The molecule has 3 rings (SSSR count). The molecule has 3 N–H and O–H groups in total. The van der Waals surface area contributed by atoms with Crippen LogP contribution in [0.4, 0.5) is 4.79 Å². The summed E-state index contributed by atoms with van der Waals surface area (Å²) in [6.45, 7) is 1.06. The normalized spacial score (nSPS) is 25.6. The molecule has 1 heterocycles. The number of rotatable bonds is 6. The maximum absolute atomic E-state index is 12.2. The average molecular weight is 318 g/mol. The Morgan fingerprint density at radius 2 is 2.13 bits per heavy atom. The van der Waals surface area contributed by atoms with Gasteiger partial charge in [-0.25, -0.2) is 4.79 Å². The van der Waals surface area contributed by atoms with E-state index in [-0.39, 0.29) is 25.2 Å². The number of carbonyl (C=O) groups excluding carboxylic acids is 1. The number of carbonyl (C=O) groups is 1. The summed E-state index contributed by atoms with van der Waals surface area (Å²) < 4.78 is 5.20. The van der Waals surface area contributed by atoms with Gasteiger partial charge in [0.25, 0.3) is 0 Å². The van der Waals surface area contributed by atoms with Crippen LogP contribution in [0.5, 0.6) is 0 Å². The molecule has 23 heavy (non-hydrogen) atoms. The summed E-state index contributed by atoms with van der Waals surface area (Å²) in [5.41, 5.74) is 0.213. The van der Waals surface area contributed by atoms with Gasteiger partial charge in [0, 0.05) is 13.0 Å². The minimum absolute atomic E-state index is 0.0240. The van der Waals surface area contributed by atoms with Gasteiger partial charge in [-0.3, -0.25) is 0 Å². The molecule has 1 aromatic rings. The molecule has 1 aliphatic carbocycles. The molecular formula is C18H26N2O3. The second kappa shape index (κ2) is 7.32. The van der Waals surface area contributed by atoms with Crippen LogP contribution in [0.3, 0.4) is 0 Å². The summed E-state index contributed by atoms with van der Waals surface area (Å²) in [4.78, 5) is 12.2. The van der Waals surface area contributed by atoms with E-state index < -0.39 is 5.60 Å². The lowest BCUT2D eigenvalue weighted by molar-refractivity contribution is 0.0290. The van der Waals surface area contributed by atoms with E-state index in [2.05, 4.69) is 22.8 Å². The Balaban J connectivity index is 1.55. The van der Waals surface area contributed by atoms with Gasteiger partial charge < -0.3 is 20.5 Å². The van der Waals surface area contributed by atoms with Crippen LogP contribution in [-0.2, 0) is 4.74 Å². The lowest BCUT2D eigenvalue weighted by atomic mass is 9.79. The molecule has 5 nitrogen and oxygen atoms in total. The van der Waals surface area contributed by atoms with Crippen LogP contribution in [0.2, 0.25) is 0 Å². The zero-order valence-electron chi connectivity index (χ0n) is 13.5. The quantitative estimate of drug-likeness (QED) is 0.754. The minimum Gasteiger partial charge on any atom is -0.386 e. The third-order valence-electron chi connectivity index (χ3n) is 4.96. The molecule has 1 aliphatic heterocycles. The monoisotopic (exact) mass is 318 g/mol. The average Bonchev–Trinajstić information content (AvgIpc) is 2.96. The van der Waals surface area contributed by atoms with Gasteiger partial charge in [-0.1, -0.05) is 49.6 Å². The van der Waals surface area contributed by atoms with Crippen molar-refractivity contribution >= 4 is 6.03 Å². The third-order valence-corrected chi connectivity index (χ3v) is 4.96. The number of hydrogen-bond donors (Lipinski definition) is 3. The van der Waals surface area contributed by atoms with E-state index in [1.54, 1.807) is 0 Å². The molecule has 0 radical (unpaired) electrons. The number of urea groups is 1. The molecule has 0 aromatic heterocycles. The lowest BCUT2D eigenvalue weighted by Gasteiger charge is -2.30. The van der Waals surface area contributed by atoms with Crippen LogP contribution in [0.15, 0.2) is 30.3 Å². The van der Waals surface area contributed by atoms with Crippen molar-refractivity contribution in [3.8, 4) is 0 Å². The van der Waals surface area contributed by atoms with Crippen LogP contribution >= 0.6 is 0 Å². The van der Waals surface area contributed by atoms with Crippen LogP contribution in [0.25, 0.3) is 0 Å². The first-order chi connectivity index (χ1) is 11.1. The molecule has 1 saturated carbocycles. The highest BCUT2D eigenvalue weighted by Gasteiger charge is 2.33. The Labute approximate surface area is 137 Å². The fraction of sp³-hybridized carbons (Fsp3) is 0.611. The smallest absolute Gasteiger partial charge is 0.315 e. The number of amides is 2. The fourth-order valence-corrected chi connectivity index (χ4v) is 3.22. The van der Waals surface area contributed by atoms with Crippen LogP contribution in [0.1, 0.15) is 43.7 Å². The lowest BCUT2D eigenvalue weighted by Crippen LogP contribution is -2.47. The molecule has 0 bridgehead atoms. The van der Waals surface area contributed by atoms with Crippen molar-refractivity contribution in [2.24, 2.45) is 5.92 Å². The zero-order chi connectivity index (χ0) is 16.1. The number of nitrogens with one attached hydrogen (secondary N) is 2. The predicted octanol–water partition coefficient (Wildman–Crippen LogP) is 2.37. The first-order valence-corrected chi connectivity index (χ1v) is 8.54. The zero-order valence-corrected chi connectivity index (χ0v) is 13.5. The first kappa shape index (κ1) is 16.3. The molecule has 1 saturated heterocycles. The van der Waals surface area contributed by atoms with Crippen molar-refractivity contribution in [1.29, 1.82) is 0 Å². The van der Waals surface area contributed by atoms with Crippen LogP contribution < -0.4 is 10.6 Å². The Kier molecular flexibility index (Phi) is 5.18. The molecule has 5 heteroatoms. The molecule has 0 unspecified atom stereocenters. The molecular weight excluding hydrogens is 292 g/mol. The van der Waals surface area contributed by atoms with E-state index in [9.17, 15) is 9.90 Å².